The minimum Gasteiger partial charge on any atom is -0.457 e. The lowest BCUT2D eigenvalue weighted by molar-refractivity contribution is 0.430. The quantitative estimate of drug-likeness (QED) is 0.206. The zero-order valence-electron chi connectivity index (χ0n) is 22.7. The van der Waals surface area contributed by atoms with Gasteiger partial charge in [0.2, 0.25) is 0 Å². The summed E-state index contributed by atoms with van der Waals surface area (Å²) in [7, 11) is 0. The van der Waals surface area contributed by atoms with Gasteiger partial charge < -0.3 is 4.74 Å². The molecule has 196 valence electrons. The molecular formula is C39H24N2O. The Morgan fingerprint density at radius 2 is 0.786 bits per heavy atom. The SMILES string of the molecule is c1ccc2c(c1)Oc1ccccc1C2(c1ccc2ccc3ccccc3c2n1)c1ccc2ccc3ccccc3c2n1. The highest BCUT2D eigenvalue weighted by atomic mass is 16.5. The van der Waals surface area contributed by atoms with Gasteiger partial charge in [0.1, 0.15) is 16.9 Å². The van der Waals surface area contributed by atoms with Gasteiger partial charge in [0.05, 0.1) is 22.4 Å². The molecule has 0 unspecified atom stereocenters. The second-order valence-electron chi connectivity index (χ2n) is 11.0. The van der Waals surface area contributed by atoms with Crippen LogP contribution in [0.15, 0.2) is 146 Å². The van der Waals surface area contributed by atoms with Gasteiger partial charge >= 0.3 is 0 Å². The summed E-state index contributed by atoms with van der Waals surface area (Å²) in [5.41, 5.74) is 5.06. The van der Waals surface area contributed by atoms with Gasteiger partial charge in [-0.25, -0.2) is 0 Å². The van der Waals surface area contributed by atoms with E-state index in [2.05, 4.69) is 121 Å². The molecule has 0 aliphatic carbocycles. The van der Waals surface area contributed by atoms with E-state index in [0.29, 0.717) is 0 Å². The molecule has 3 heterocycles. The number of rotatable bonds is 2. The lowest BCUT2D eigenvalue weighted by Gasteiger charge is -2.39. The summed E-state index contributed by atoms with van der Waals surface area (Å²) in [5.74, 6) is 1.63. The Labute approximate surface area is 242 Å². The van der Waals surface area contributed by atoms with E-state index >= 15 is 0 Å². The van der Waals surface area contributed by atoms with Crippen molar-refractivity contribution in [1.82, 2.24) is 9.97 Å². The first-order chi connectivity index (χ1) is 20.8. The summed E-state index contributed by atoms with van der Waals surface area (Å²) in [6, 6.07) is 51.0. The Bertz CT molecular complexity index is 2190. The van der Waals surface area contributed by atoms with E-state index in [-0.39, 0.29) is 0 Å². The van der Waals surface area contributed by atoms with Crippen LogP contribution < -0.4 is 4.74 Å². The fourth-order valence-electron chi connectivity index (χ4n) is 6.81. The fourth-order valence-corrected chi connectivity index (χ4v) is 6.81. The van der Waals surface area contributed by atoms with Crippen molar-refractivity contribution in [2.24, 2.45) is 0 Å². The van der Waals surface area contributed by atoms with Gasteiger partial charge in [-0.3, -0.25) is 9.97 Å². The molecule has 3 heteroatoms. The lowest BCUT2D eigenvalue weighted by Crippen LogP contribution is -2.36. The summed E-state index contributed by atoms with van der Waals surface area (Å²) in [6.07, 6.45) is 0. The van der Waals surface area contributed by atoms with Crippen molar-refractivity contribution in [3.63, 3.8) is 0 Å². The van der Waals surface area contributed by atoms with E-state index < -0.39 is 5.41 Å². The van der Waals surface area contributed by atoms with Crippen LogP contribution in [0.25, 0.3) is 43.4 Å². The minimum absolute atomic E-state index is 0.804. The molecule has 42 heavy (non-hydrogen) atoms. The molecule has 0 saturated carbocycles. The Hall–Kier alpha value is -5.54. The maximum atomic E-state index is 6.54. The lowest BCUT2D eigenvalue weighted by atomic mass is 9.67. The second-order valence-corrected chi connectivity index (χ2v) is 11.0. The van der Waals surface area contributed by atoms with Gasteiger partial charge in [0.15, 0.2) is 0 Å². The molecule has 0 atom stereocenters. The maximum absolute atomic E-state index is 6.54. The van der Waals surface area contributed by atoms with E-state index in [1.165, 1.54) is 10.8 Å². The Morgan fingerprint density at radius 3 is 1.31 bits per heavy atom. The van der Waals surface area contributed by atoms with Gasteiger partial charge in [0, 0.05) is 32.7 Å². The average molecular weight is 537 g/mol. The van der Waals surface area contributed by atoms with Crippen LogP contribution in [0.4, 0.5) is 0 Å². The Morgan fingerprint density at radius 1 is 0.381 bits per heavy atom. The Balaban J connectivity index is 1.46. The van der Waals surface area contributed by atoms with Crippen LogP contribution in [0.1, 0.15) is 22.5 Å². The van der Waals surface area contributed by atoms with E-state index in [1.54, 1.807) is 0 Å². The highest BCUT2D eigenvalue weighted by Gasteiger charge is 2.47. The van der Waals surface area contributed by atoms with Crippen LogP contribution in [-0.2, 0) is 5.41 Å². The number of nitrogens with zero attached hydrogens (tertiary/aromatic N) is 2. The number of hydrogen-bond acceptors (Lipinski definition) is 3. The molecule has 0 spiro atoms. The molecule has 0 radical (unpaired) electrons. The van der Waals surface area contributed by atoms with Crippen LogP contribution in [0.5, 0.6) is 11.5 Å². The monoisotopic (exact) mass is 536 g/mol. The molecule has 0 bridgehead atoms. The molecule has 0 saturated heterocycles. The van der Waals surface area contributed by atoms with Crippen molar-refractivity contribution in [3.8, 4) is 11.5 Å². The number of ether oxygens (including phenoxy) is 1. The minimum atomic E-state index is -0.804. The molecule has 2 aromatic heterocycles. The zero-order valence-corrected chi connectivity index (χ0v) is 22.7. The normalized spacial score (nSPS) is 13.6. The maximum Gasteiger partial charge on any atom is 0.132 e. The molecule has 1 aliphatic heterocycles. The van der Waals surface area contributed by atoms with Gasteiger partial charge in [-0.05, 0) is 35.0 Å². The third-order valence-corrected chi connectivity index (χ3v) is 8.74. The third-order valence-electron chi connectivity index (χ3n) is 8.74. The third kappa shape index (κ3) is 3.16. The van der Waals surface area contributed by atoms with Crippen molar-refractivity contribution < 1.29 is 4.74 Å². The van der Waals surface area contributed by atoms with E-state index in [0.717, 1.165) is 66.6 Å². The van der Waals surface area contributed by atoms with Crippen LogP contribution in [0, 0.1) is 0 Å². The van der Waals surface area contributed by atoms with Crippen LogP contribution in [-0.4, -0.2) is 9.97 Å². The predicted molar refractivity (Wildman–Crippen MR) is 170 cm³/mol. The Kier molecular flexibility index (Phi) is 4.82. The van der Waals surface area contributed by atoms with Crippen LogP contribution in [0.3, 0.4) is 0 Å². The summed E-state index contributed by atoms with van der Waals surface area (Å²) in [6.45, 7) is 0. The zero-order chi connectivity index (χ0) is 27.7. The summed E-state index contributed by atoms with van der Waals surface area (Å²) >= 11 is 0. The van der Waals surface area contributed by atoms with E-state index in [4.69, 9.17) is 14.7 Å². The predicted octanol–water partition coefficient (Wildman–Crippen LogP) is 9.58. The first-order valence-electron chi connectivity index (χ1n) is 14.3. The van der Waals surface area contributed by atoms with Crippen molar-refractivity contribution in [3.05, 3.63) is 168 Å². The standard InChI is InChI=1S/C39H24N2O/c1-3-11-29-25(9-1)17-19-27-21-23-35(40-37(27)29)39(31-13-5-7-15-33(31)42-34-16-8-6-14-32(34)39)36-24-22-28-20-18-26-10-2-4-12-30(26)38(28)41-36/h1-24H. The highest BCUT2D eigenvalue weighted by Crippen LogP contribution is 2.54. The van der Waals surface area contributed by atoms with Crippen LogP contribution >= 0.6 is 0 Å². The van der Waals surface area contributed by atoms with Crippen molar-refractivity contribution in [2.45, 2.75) is 5.41 Å². The van der Waals surface area contributed by atoms with Crippen molar-refractivity contribution >= 4 is 43.4 Å². The number of aromatic nitrogens is 2. The summed E-state index contributed by atoms with van der Waals surface area (Å²) < 4.78 is 6.54. The average Bonchev–Trinajstić information content (AvgIpc) is 3.06. The summed E-state index contributed by atoms with van der Waals surface area (Å²) in [5, 5.41) is 6.84. The number of pyridine rings is 2. The van der Waals surface area contributed by atoms with Gasteiger partial charge in [-0.2, -0.15) is 0 Å². The molecule has 1 aliphatic rings. The smallest absolute Gasteiger partial charge is 0.132 e. The number of para-hydroxylation sites is 2. The second kappa shape index (κ2) is 8.73. The fraction of sp³-hybridized carbons (Fsp3) is 0.0256. The van der Waals surface area contributed by atoms with Crippen LogP contribution in [0.2, 0.25) is 0 Å². The van der Waals surface area contributed by atoms with Gasteiger partial charge in [-0.15, -0.1) is 0 Å². The highest BCUT2D eigenvalue weighted by molar-refractivity contribution is 6.06. The van der Waals surface area contributed by atoms with Gasteiger partial charge in [-0.1, -0.05) is 121 Å². The van der Waals surface area contributed by atoms with E-state index in [9.17, 15) is 0 Å². The number of benzene rings is 6. The van der Waals surface area contributed by atoms with Crippen molar-refractivity contribution in [2.75, 3.05) is 0 Å². The molecule has 0 amide bonds. The first-order valence-corrected chi connectivity index (χ1v) is 14.3. The summed E-state index contributed by atoms with van der Waals surface area (Å²) in [4.78, 5) is 11.0. The molecule has 0 fully saturated rings. The van der Waals surface area contributed by atoms with E-state index in [1.807, 2.05) is 24.3 Å². The van der Waals surface area contributed by atoms with Gasteiger partial charge in [0.25, 0.3) is 0 Å². The molecule has 0 N–H and O–H groups in total. The van der Waals surface area contributed by atoms with Crippen molar-refractivity contribution in [1.29, 1.82) is 0 Å². The molecule has 6 aromatic carbocycles. The largest absolute Gasteiger partial charge is 0.457 e. The molecular weight excluding hydrogens is 512 g/mol. The first kappa shape index (κ1) is 23.2. The molecule has 8 aromatic rings. The molecule has 3 nitrogen and oxygen atoms in total. The topological polar surface area (TPSA) is 35.0 Å². The number of hydrogen-bond donors (Lipinski definition) is 0. The molecule has 9 rings (SSSR count). The number of fused-ring (bicyclic) bond motifs is 8.